The highest BCUT2D eigenvalue weighted by atomic mass is 79.9. The zero-order valence-corrected chi connectivity index (χ0v) is 14.2. The van der Waals surface area contributed by atoms with E-state index in [1.807, 2.05) is 24.7 Å². The Morgan fingerprint density at radius 1 is 1.35 bits per heavy atom. The molecule has 4 nitrogen and oxygen atoms in total. The van der Waals surface area contributed by atoms with Gasteiger partial charge in [-0.05, 0) is 50.8 Å². The minimum Gasteiger partial charge on any atom is -0.495 e. The van der Waals surface area contributed by atoms with Gasteiger partial charge < -0.3 is 14.6 Å². The molecule has 0 bridgehead atoms. The quantitative estimate of drug-likeness (QED) is 0.810. The molecule has 1 aliphatic rings. The van der Waals surface area contributed by atoms with Crippen LogP contribution in [-0.4, -0.2) is 16.7 Å². The molecule has 1 heterocycles. The third-order valence-corrected chi connectivity index (χ3v) is 4.66. The summed E-state index contributed by atoms with van der Waals surface area (Å²) in [5.74, 6) is 0.811. The van der Waals surface area contributed by atoms with Gasteiger partial charge in [0.1, 0.15) is 5.75 Å². The third-order valence-electron chi connectivity index (χ3n) is 3.39. The molecule has 1 fully saturated rings. The summed E-state index contributed by atoms with van der Waals surface area (Å²) in [6.45, 7) is 0.750. The van der Waals surface area contributed by atoms with Crippen LogP contribution in [0.1, 0.15) is 24.6 Å². The molecule has 0 unspecified atom stereocenters. The number of benzene rings is 1. The summed E-state index contributed by atoms with van der Waals surface area (Å²) in [6.07, 6.45) is 6.37. The largest absolute Gasteiger partial charge is 0.495 e. The molecule has 0 amide bonds. The number of nitrogens with zero attached hydrogens (tertiary/aromatic N) is 2. The smallest absolute Gasteiger partial charge is 0.135 e. The first-order valence-electron chi connectivity index (χ1n) is 6.46. The minimum atomic E-state index is 0.650. The monoisotopic (exact) mass is 399 g/mol. The summed E-state index contributed by atoms with van der Waals surface area (Å²) in [7, 11) is 1.67. The Kier molecular flexibility index (Phi) is 4.03. The summed E-state index contributed by atoms with van der Waals surface area (Å²) in [5, 5.41) is 3.43. The molecule has 0 radical (unpaired) electrons. The normalized spacial score (nSPS) is 14.3. The second kappa shape index (κ2) is 5.77. The number of halogens is 2. The van der Waals surface area contributed by atoms with E-state index in [1.54, 1.807) is 7.11 Å². The molecule has 20 heavy (non-hydrogen) atoms. The molecular weight excluding hydrogens is 386 g/mol. The van der Waals surface area contributed by atoms with E-state index in [0.29, 0.717) is 6.04 Å². The lowest BCUT2D eigenvalue weighted by Crippen LogP contribution is -2.06. The Hall–Kier alpha value is -1.01. The Balaban J connectivity index is 1.76. The topological polar surface area (TPSA) is 39.1 Å². The van der Waals surface area contributed by atoms with Crippen LogP contribution in [0.4, 0.5) is 5.69 Å². The average molecular weight is 401 g/mol. The van der Waals surface area contributed by atoms with Crippen LogP contribution in [0, 0.1) is 0 Å². The van der Waals surface area contributed by atoms with Crippen LogP contribution in [0.3, 0.4) is 0 Å². The molecule has 1 aromatic carbocycles. The first-order valence-corrected chi connectivity index (χ1v) is 8.05. The van der Waals surface area contributed by atoms with Crippen LogP contribution in [0.25, 0.3) is 0 Å². The van der Waals surface area contributed by atoms with E-state index in [9.17, 15) is 0 Å². The van der Waals surface area contributed by atoms with Gasteiger partial charge in [-0.15, -0.1) is 0 Å². The Morgan fingerprint density at radius 3 is 2.85 bits per heavy atom. The molecule has 1 aliphatic carbocycles. The van der Waals surface area contributed by atoms with Crippen molar-refractivity contribution in [1.82, 2.24) is 9.55 Å². The molecule has 0 aliphatic heterocycles. The fraction of sp³-hybridized carbons (Fsp3) is 0.357. The second-order valence-electron chi connectivity index (χ2n) is 4.84. The van der Waals surface area contributed by atoms with Gasteiger partial charge in [-0.25, -0.2) is 4.98 Å². The van der Waals surface area contributed by atoms with Gasteiger partial charge in [0.05, 0.1) is 35.8 Å². The number of methoxy groups -OCH3 is 1. The number of hydrogen-bond donors (Lipinski definition) is 1. The number of rotatable bonds is 5. The Morgan fingerprint density at radius 2 is 2.15 bits per heavy atom. The first kappa shape index (κ1) is 13.9. The van der Waals surface area contributed by atoms with Crippen molar-refractivity contribution in [1.29, 1.82) is 0 Å². The number of anilines is 1. The highest BCUT2D eigenvalue weighted by molar-refractivity contribution is 9.11. The predicted molar refractivity (Wildman–Crippen MR) is 86.2 cm³/mol. The second-order valence-corrected chi connectivity index (χ2v) is 6.55. The van der Waals surface area contributed by atoms with Crippen LogP contribution >= 0.6 is 31.9 Å². The van der Waals surface area contributed by atoms with Gasteiger partial charge in [-0.1, -0.05) is 0 Å². The van der Waals surface area contributed by atoms with Crippen LogP contribution < -0.4 is 10.1 Å². The lowest BCUT2D eigenvalue weighted by molar-refractivity contribution is 0.412. The van der Waals surface area contributed by atoms with Gasteiger partial charge in [-0.2, -0.15) is 0 Å². The lowest BCUT2D eigenvalue weighted by Gasteiger charge is -2.13. The highest BCUT2D eigenvalue weighted by Crippen LogP contribution is 2.37. The third kappa shape index (κ3) is 2.86. The summed E-state index contributed by atoms with van der Waals surface area (Å²) in [6, 6.07) is 4.61. The number of hydrogen-bond acceptors (Lipinski definition) is 3. The van der Waals surface area contributed by atoms with Crippen molar-refractivity contribution in [3.8, 4) is 5.75 Å². The molecule has 0 saturated heterocycles. The summed E-state index contributed by atoms with van der Waals surface area (Å²) in [4.78, 5) is 4.24. The van der Waals surface area contributed by atoms with E-state index < -0.39 is 0 Å². The summed E-state index contributed by atoms with van der Waals surface area (Å²) >= 11 is 7.04. The van der Waals surface area contributed by atoms with Crippen molar-refractivity contribution in [2.45, 2.75) is 25.4 Å². The summed E-state index contributed by atoms with van der Waals surface area (Å²) in [5.41, 5.74) is 2.22. The Labute approximate surface area is 134 Å². The van der Waals surface area contributed by atoms with Crippen LogP contribution in [-0.2, 0) is 6.54 Å². The Bertz CT molecular complexity index is 623. The maximum atomic E-state index is 5.32. The highest BCUT2D eigenvalue weighted by Gasteiger charge is 2.25. The average Bonchev–Trinajstić information content (AvgIpc) is 3.17. The maximum absolute atomic E-state index is 5.32. The number of aromatic nitrogens is 2. The van der Waals surface area contributed by atoms with Gasteiger partial charge >= 0.3 is 0 Å². The van der Waals surface area contributed by atoms with Gasteiger partial charge in [0.25, 0.3) is 0 Å². The van der Waals surface area contributed by atoms with Crippen LogP contribution in [0.15, 0.2) is 33.6 Å². The van der Waals surface area contributed by atoms with Gasteiger partial charge in [0, 0.05) is 22.8 Å². The standard InChI is InChI=1S/C14H15Br2N3O/c1-20-14-5-13(11(15)4-12(14)16)18-7-10-6-17-8-19(10)9-2-3-9/h4-6,8-9,18H,2-3,7H2,1H3. The van der Waals surface area contributed by atoms with E-state index in [0.717, 1.165) is 26.9 Å². The van der Waals surface area contributed by atoms with Crippen molar-refractivity contribution < 1.29 is 4.74 Å². The van der Waals surface area contributed by atoms with Gasteiger partial charge in [0.2, 0.25) is 0 Å². The van der Waals surface area contributed by atoms with E-state index in [1.165, 1.54) is 18.5 Å². The molecule has 1 aromatic heterocycles. The molecule has 0 spiro atoms. The van der Waals surface area contributed by atoms with Crippen molar-refractivity contribution >= 4 is 37.5 Å². The molecular formula is C14H15Br2N3O. The molecule has 1 saturated carbocycles. The molecule has 6 heteroatoms. The zero-order valence-electron chi connectivity index (χ0n) is 11.1. The number of nitrogens with one attached hydrogen (secondary N) is 1. The van der Waals surface area contributed by atoms with Crippen molar-refractivity contribution in [3.05, 3.63) is 39.3 Å². The SMILES string of the molecule is COc1cc(NCc2cncn2C2CC2)c(Br)cc1Br. The molecule has 3 rings (SSSR count). The molecule has 106 valence electrons. The van der Waals surface area contributed by atoms with Crippen molar-refractivity contribution in [3.63, 3.8) is 0 Å². The van der Waals surface area contributed by atoms with E-state index in [2.05, 4.69) is 46.7 Å². The van der Waals surface area contributed by atoms with Gasteiger partial charge in [-0.3, -0.25) is 0 Å². The zero-order chi connectivity index (χ0) is 14.1. The number of ether oxygens (including phenoxy) is 1. The van der Waals surface area contributed by atoms with Crippen molar-refractivity contribution in [2.24, 2.45) is 0 Å². The van der Waals surface area contributed by atoms with E-state index in [-0.39, 0.29) is 0 Å². The van der Waals surface area contributed by atoms with E-state index in [4.69, 9.17) is 4.74 Å². The van der Waals surface area contributed by atoms with Gasteiger partial charge in [0.15, 0.2) is 0 Å². The fourth-order valence-electron chi connectivity index (χ4n) is 2.16. The molecule has 0 atom stereocenters. The van der Waals surface area contributed by atoms with Crippen molar-refractivity contribution in [2.75, 3.05) is 12.4 Å². The summed E-state index contributed by atoms with van der Waals surface area (Å²) < 4.78 is 9.52. The molecule has 2 aromatic rings. The van der Waals surface area contributed by atoms with Crippen LogP contribution in [0.2, 0.25) is 0 Å². The van der Waals surface area contributed by atoms with E-state index >= 15 is 0 Å². The maximum Gasteiger partial charge on any atom is 0.135 e. The predicted octanol–water partition coefficient (Wildman–Crippen LogP) is 4.36. The van der Waals surface area contributed by atoms with Crippen LogP contribution in [0.5, 0.6) is 5.75 Å². The molecule has 1 N–H and O–H groups in total. The number of imidazole rings is 1. The fourth-order valence-corrected chi connectivity index (χ4v) is 3.45. The lowest BCUT2D eigenvalue weighted by atomic mass is 10.3. The minimum absolute atomic E-state index is 0.650. The first-order chi connectivity index (χ1) is 9.69.